The number of nitrogens with two attached hydrogens (primary N) is 1. The molecule has 0 amide bonds. The molecule has 6 heteroatoms. The molecule has 0 fully saturated rings. The zero-order chi connectivity index (χ0) is 13.1. The average Bonchev–Trinajstić information content (AvgIpc) is 2.75. The lowest BCUT2D eigenvalue weighted by molar-refractivity contribution is 0.623. The van der Waals surface area contributed by atoms with Crippen molar-refractivity contribution in [1.29, 1.82) is 10.5 Å². The van der Waals surface area contributed by atoms with Crippen molar-refractivity contribution in [3.8, 4) is 12.1 Å². The van der Waals surface area contributed by atoms with Crippen LogP contribution in [-0.4, -0.2) is 9.55 Å². The van der Waals surface area contributed by atoms with Gasteiger partial charge in [0.1, 0.15) is 18.0 Å². The second-order valence-corrected chi connectivity index (χ2v) is 3.64. The number of rotatable bonds is 2. The molecule has 2 rings (SSSR count). The Balaban J connectivity index is 2.41. The smallest absolute Gasteiger partial charge is 0.176 e. The predicted octanol–water partition coefficient (Wildman–Crippen LogP) is 1.40. The van der Waals surface area contributed by atoms with E-state index in [0.717, 1.165) is 0 Å². The van der Waals surface area contributed by atoms with Gasteiger partial charge in [0.15, 0.2) is 11.4 Å². The summed E-state index contributed by atoms with van der Waals surface area (Å²) in [5.41, 5.74) is 6.87. The van der Waals surface area contributed by atoms with Crippen molar-refractivity contribution in [3.05, 3.63) is 47.3 Å². The van der Waals surface area contributed by atoms with E-state index in [4.69, 9.17) is 16.3 Å². The Hall–Kier alpha value is -2.86. The fourth-order valence-corrected chi connectivity index (χ4v) is 1.60. The Morgan fingerprint density at radius 3 is 2.78 bits per heavy atom. The molecule has 0 unspecified atom stereocenters. The molecule has 0 bridgehead atoms. The maximum atomic E-state index is 13.1. The first-order valence-corrected chi connectivity index (χ1v) is 5.05. The number of hydrogen-bond acceptors (Lipinski definition) is 4. The van der Waals surface area contributed by atoms with E-state index in [1.54, 1.807) is 0 Å². The van der Waals surface area contributed by atoms with Crippen LogP contribution in [0.2, 0.25) is 0 Å². The van der Waals surface area contributed by atoms with E-state index in [9.17, 15) is 4.39 Å². The molecule has 2 N–H and O–H groups in total. The van der Waals surface area contributed by atoms with E-state index in [1.165, 1.54) is 29.1 Å². The number of hydrogen-bond donors (Lipinski definition) is 1. The molecular weight excluding hydrogens is 233 g/mol. The topological polar surface area (TPSA) is 91.4 Å². The molecule has 0 saturated carbocycles. The summed E-state index contributed by atoms with van der Waals surface area (Å²) in [6.45, 7) is 0.196. The molecule has 0 atom stereocenters. The standard InChI is InChI=1S/C12H8FN5/c13-9-1-2-10(16)8(3-9)6-18-7-17-11(4-14)12(18)5-15/h1-3,7H,6,16H2. The summed E-state index contributed by atoms with van der Waals surface area (Å²) in [7, 11) is 0. The lowest BCUT2D eigenvalue weighted by Gasteiger charge is -2.07. The number of halogens is 1. The van der Waals surface area contributed by atoms with Gasteiger partial charge >= 0.3 is 0 Å². The third-order valence-corrected chi connectivity index (χ3v) is 2.50. The van der Waals surface area contributed by atoms with Gasteiger partial charge in [-0.2, -0.15) is 10.5 Å². The van der Waals surface area contributed by atoms with Crippen LogP contribution in [0.25, 0.3) is 0 Å². The summed E-state index contributed by atoms with van der Waals surface area (Å²) >= 11 is 0. The van der Waals surface area contributed by atoms with Gasteiger partial charge in [0, 0.05) is 5.69 Å². The largest absolute Gasteiger partial charge is 0.398 e. The first-order valence-electron chi connectivity index (χ1n) is 5.05. The van der Waals surface area contributed by atoms with Gasteiger partial charge in [0.25, 0.3) is 0 Å². The van der Waals surface area contributed by atoms with Gasteiger partial charge < -0.3 is 10.3 Å². The highest BCUT2D eigenvalue weighted by Crippen LogP contribution is 2.16. The van der Waals surface area contributed by atoms with Crippen LogP contribution in [0, 0.1) is 28.5 Å². The zero-order valence-electron chi connectivity index (χ0n) is 9.26. The summed E-state index contributed by atoms with van der Waals surface area (Å²) in [6.07, 6.45) is 1.36. The molecule has 5 nitrogen and oxygen atoms in total. The van der Waals surface area contributed by atoms with Crippen LogP contribution in [0.5, 0.6) is 0 Å². The first kappa shape index (κ1) is 11.6. The van der Waals surface area contributed by atoms with E-state index in [-0.39, 0.29) is 17.9 Å². The van der Waals surface area contributed by atoms with Crippen LogP contribution in [0.15, 0.2) is 24.5 Å². The highest BCUT2D eigenvalue weighted by Gasteiger charge is 2.11. The number of nitrogens with zero attached hydrogens (tertiary/aromatic N) is 4. The fraction of sp³-hybridized carbons (Fsp3) is 0.0833. The molecular formula is C12H8FN5. The average molecular weight is 241 g/mol. The van der Waals surface area contributed by atoms with Crippen molar-refractivity contribution < 1.29 is 4.39 Å². The number of imidazole rings is 1. The van der Waals surface area contributed by atoms with Crippen LogP contribution >= 0.6 is 0 Å². The molecule has 1 heterocycles. The normalized spacial score (nSPS) is 9.72. The lowest BCUT2D eigenvalue weighted by Crippen LogP contribution is -2.05. The molecule has 2 aromatic rings. The van der Waals surface area contributed by atoms with Crippen molar-refractivity contribution in [1.82, 2.24) is 9.55 Å². The minimum Gasteiger partial charge on any atom is -0.398 e. The molecule has 18 heavy (non-hydrogen) atoms. The van der Waals surface area contributed by atoms with Crippen LogP contribution in [0.4, 0.5) is 10.1 Å². The summed E-state index contributed by atoms with van der Waals surface area (Å²) in [5, 5.41) is 17.7. The van der Waals surface area contributed by atoms with Crippen LogP contribution in [0.3, 0.4) is 0 Å². The monoisotopic (exact) mass is 241 g/mol. The molecule has 1 aromatic carbocycles. The van der Waals surface area contributed by atoms with Crippen molar-refractivity contribution in [3.63, 3.8) is 0 Å². The van der Waals surface area contributed by atoms with Gasteiger partial charge in [0.2, 0.25) is 0 Å². The lowest BCUT2D eigenvalue weighted by atomic mass is 10.1. The molecule has 0 saturated heterocycles. The van der Waals surface area contributed by atoms with Crippen molar-refractivity contribution >= 4 is 5.69 Å². The number of benzene rings is 1. The van der Waals surface area contributed by atoms with Gasteiger partial charge in [-0.05, 0) is 23.8 Å². The second-order valence-electron chi connectivity index (χ2n) is 3.64. The van der Waals surface area contributed by atoms with Gasteiger partial charge in [0.05, 0.1) is 12.9 Å². The number of nitrogen functional groups attached to an aromatic ring is 1. The molecule has 0 aliphatic carbocycles. The quantitative estimate of drug-likeness (QED) is 0.804. The van der Waals surface area contributed by atoms with E-state index >= 15 is 0 Å². The second kappa shape index (κ2) is 4.56. The SMILES string of the molecule is N#Cc1ncn(Cc2cc(F)ccc2N)c1C#N. The van der Waals surface area contributed by atoms with Gasteiger partial charge in [-0.1, -0.05) is 0 Å². The summed E-state index contributed by atoms with van der Waals surface area (Å²) in [4.78, 5) is 3.80. The molecule has 0 radical (unpaired) electrons. The Morgan fingerprint density at radius 2 is 2.11 bits per heavy atom. The predicted molar refractivity (Wildman–Crippen MR) is 61.6 cm³/mol. The number of anilines is 1. The van der Waals surface area contributed by atoms with E-state index in [2.05, 4.69) is 4.98 Å². The number of aromatic nitrogens is 2. The summed E-state index contributed by atoms with van der Waals surface area (Å²) in [6, 6.07) is 7.73. The Kier molecular flexibility index (Phi) is 2.94. The summed E-state index contributed by atoms with van der Waals surface area (Å²) < 4.78 is 14.6. The number of nitriles is 2. The maximum absolute atomic E-state index is 13.1. The van der Waals surface area contributed by atoms with Crippen molar-refractivity contribution in [2.24, 2.45) is 0 Å². The molecule has 0 spiro atoms. The third-order valence-electron chi connectivity index (χ3n) is 2.50. The van der Waals surface area contributed by atoms with Gasteiger partial charge in [-0.15, -0.1) is 0 Å². The Labute approximate surface area is 103 Å². The van der Waals surface area contributed by atoms with Crippen LogP contribution < -0.4 is 5.73 Å². The van der Waals surface area contributed by atoms with Gasteiger partial charge in [-0.25, -0.2) is 9.37 Å². The fourth-order valence-electron chi connectivity index (χ4n) is 1.60. The highest BCUT2D eigenvalue weighted by molar-refractivity contribution is 5.47. The Bertz CT molecular complexity index is 675. The van der Waals surface area contributed by atoms with Crippen LogP contribution in [-0.2, 0) is 6.54 Å². The molecule has 88 valence electrons. The molecule has 1 aromatic heterocycles. The van der Waals surface area contributed by atoms with E-state index in [0.29, 0.717) is 11.3 Å². The Morgan fingerprint density at radius 1 is 1.33 bits per heavy atom. The van der Waals surface area contributed by atoms with E-state index < -0.39 is 5.82 Å². The first-order chi connectivity index (χ1) is 8.65. The summed E-state index contributed by atoms with van der Waals surface area (Å²) in [5.74, 6) is -0.404. The maximum Gasteiger partial charge on any atom is 0.176 e. The van der Waals surface area contributed by atoms with Crippen molar-refractivity contribution in [2.75, 3.05) is 5.73 Å². The minimum absolute atomic E-state index is 0.0486. The third kappa shape index (κ3) is 2.00. The zero-order valence-corrected chi connectivity index (χ0v) is 9.26. The minimum atomic E-state index is -0.404. The van der Waals surface area contributed by atoms with E-state index in [1.807, 2.05) is 12.1 Å². The van der Waals surface area contributed by atoms with Crippen LogP contribution in [0.1, 0.15) is 17.0 Å². The van der Waals surface area contributed by atoms with Gasteiger partial charge in [-0.3, -0.25) is 0 Å². The molecule has 0 aliphatic heterocycles. The highest BCUT2D eigenvalue weighted by atomic mass is 19.1. The van der Waals surface area contributed by atoms with Crippen molar-refractivity contribution in [2.45, 2.75) is 6.54 Å². The molecule has 0 aliphatic rings.